The number of unbranched alkanes of at least 4 members (excludes halogenated alkanes) is 1. The van der Waals surface area contributed by atoms with Crippen LogP contribution in [-0.2, 0) is 35.8 Å². The topological polar surface area (TPSA) is 115 Å². The zero-order valence-corrected chi connectivity index (χ0v) is 20.9. The number of hydrogen-bond donors (Lipinski definition) is 2. The molecule has 37 heavy (non-hydrogen) atoms. The van der Waals surface area contributed by atoms with Crippen molar-refractivity contribution in [2.24, 2.45) is 0 Å². The van der Waals surface area contributed by atoms with E-state index < -0.39 is 11.2 Å². The Hall–Kier alpha value is -4.11. The molecule has 0 bridgehead atoms. The number of amides is 2. The zero-order valence-electron chi connectivity index (χ0n) is 20.1. The molecule has 0 aliphatic rings. The van der Waals surface area contributed by atoms with Crippen LogP contribution in [0.25, 0.3) is 10.9 Å². The van der Waals surface area contributed by atoms with Crippen molar-refractivity contribution in [1.82, 2.24) is 19.8 Å². The van der Waals surface area contributed by atoms with Gasteiger partial charge in [0.25, 0.3) is 5.56 Å². The molecule has 0 unspecified atom stereocenters. The lowest BCUT2D eigenvalue weighted by Gasteiger charge is -2.14. The van der Waals surface area contributed by atoms with Gasteiger partial charge in [0.1, 0.15) is 12.3 Å². The monoisotopic (exact) mass is 522 g/mol. The summed E-state index contributed by atoms with van der Waals surface area (Å²) >= 11 is 6.11. The standard InChI is InChI=1S/C27H27ClN4O5/c28-22-11-3-1-8-19(22)16-29-24(33)13-5-6-14-31-26(35)21-10-2-4-12-23(21)32(27(31)36)18-25(34)30-17-20-9-7-15-37-20/h1-4,7-12,15H,5-6,13-14,16-18H2,(H,29,33)(H,30,34). The van der Waals surface area contributed by atoms with Gasteiger partial charge in [-0.2, -0.15) is 0 Å². The molecule has 0 atom stereocenters. The van der Waals surface area contributed by atoms with Crippen LogP contribution >= 0.6 is 11.6 Å². The van der Waals surface area contributed by atoms with Crippen LogP contribution in [0.3, 0.4) is 0 Å². The molecule has 0 fully saturated rings. The van der Waals surface area contributed by atoms with E-state index in [1.54, 1.807) is 42.5 Å². The van der Waals surface area contributed by atoms with Gasteiger partial charge in [-0.15, -0.1) is 0 Å². The van der Waals surface area contributed by atoms with Crippen LogP contribution in [0.5, 0.6) is 0 Å². The van der Waals surface area contributed by atoms with Gasteiger partial charge in [-0.05, 0) is 48.7 Å². The Morgan fingerprint density at radius 2 is 1.59 bits per heavy atom. The Morgan fingerprint density at radius 3 is 2.38 bits per heavy atom. The van der Waals surface area contributed by atoms with Gasteiger partial charge in [0, 0.05) is 24.5 Å². The number of furan rings is 1. The van der Waals surface area contributed by atoms with Crippen molar-refractivity contribution in [1.29, 1.82) is 0 Å². The van der Waals surface area contributed by atoms with Gasteiger partial charge in [-0.1, -0.05) is 41.9 Å². The highest BCUT2D eigenvalue weighted by molar-refractivity contribution is 6.31. The molecule has 4 aromatic rings. The Morgan fingerprint density at radius 1 is 0.838 bits per heavy atom. The van der Waals surface area contributed by atoms with Gasteiger partial charge in [0.15, 0.2) is 0 Å². The maximum absolute atomic E-state index is 13.2. The Kier molecular flexibility index (Phi) is 8.58. The van der Waals surface area contributed by atoms with E-state index in [2.05, 4.69) is 10.6 Å². The van der Waals surface area contributed by atoms with Crippen molar-refractivity contribution in [2.75, 3.05) is 0 Å². The van der Waals surface area contributed by atoms with E-state index in [4.69, 9.17) is 16.0 Å². The second-order valence-electron chi connectivity index (χ2n) is 8.52. The van der Waals surface area contributed by atoms with Crippen LogP contribution < -0.4 is 21.9 Å². The number of benzene rings is 2. The first-order valence-corrected chi connectivity index (χ1v) is 12.3. The maximum Gasteiger partial charge on any atom is 0.331 e. The second kappa shape index (κ2) is 12.2. The molecule has 2 amide bonds. The van der Waals surface area contributed by atoms with E-state index in [9.17, 15) is 19.2 Å². The molecule has 0 saturated carbocycles. The van der Waals surface area contributed by atoms with E-state index in [1.807, 2.05) is 18.2 Å². The van der Waals surface area contributed by atoms with Crippen LogP contribution in [0.4, 0.5) is 0 Å². The van der Waals surface area contributed by atoms with Gasteiger partial charge >= 0.3 is 5.69 Å². The summed E-state index contributed by atoms with van der Waals surface area (Å²) in [6.07, 6.45) is 2.68. The highest BCUT2D eigenvalue weighted by atomic mass is 35.5. The van der Waals surface area contributed by atoms with Crippen LogP contribution in [0.2, 0.25) is 5.02 Å². The van der Waals surface area contributed by atoms with E-state index in [-0.39, 0.29) is 37.9 Å². The fourth-order valence-electron chi connectivity index (χ4n) is 4.00. The number of halogens is 1. The average Bonchev–Trinajstić information content (AvgIpc) is 3.43. The highest BCUT2D eigenvalue weighted by Gasteiger charge is 2.15. The lowest BCUT2D eigenvalue weighted by molar-refractivity contribution is -0.122. The van der Waals surface area contributed by atoms with E-state index >= 15 is 0 Å². The van der Waals surface area contributed by atoms with Crippen LogP contribution in [0.15, 0.2) is 80.9 Å². The lowest BCUT2D eigenvalue weighted by atomic mass is 10.2. The molecule has 0 aliphatic heterocycles. The van der Waals surface area contributed by atoms with Crippen molar-refractivity contribution in [3.63, 3.8) is 0 Å². The molecular weight excluding hydrogens is 496 g/mol. The van der Waals surface area contributed by atoms with Crippen LogP contribution in [0, 0.1) is 0 Å². The number of para-hydroxylation sites is 1. The lowest BCUT2D eigenvalue weighted by Crippen LogP contribution is -2.42. The second-order valence-corrected chi connectivity index (χ2v) is 8.93. The first-order chi connectivity index (χ1) is 17.9. The predicted molar refractivity (Wildman–Crippen MR) is 140 cm³/mol. The minimum Gasteiger partial charge on any atom is -0.467 e. The molecule has 0 spiro atoms. The Balaban J connectivity index is 1.39. The number of fused-ring (bicyclic) bond motifs is 1. The van der Waals surface area contributed by atoms with Gasteiger partial charge < -0.3 is 15.1 Å². The fourth-order valence-corrected chi connectivity index (χ4v) is 4.20. The van der Waals surface area contributed by atoms with Gasteiger partial charge in [0.05, 0.1) is 23.7 Å². The summed E-state index contributed by atoms with van der Waals surface area (Å²) in [7, 11) is 0. The molecule has 0 aliphatic carbocycles. The minimum atomic E-state index is -0.569. The fraction of sp³-hybridized carbons (Fsp3) is 0.259. The number of rotatable bonds is 11. The quantitative estimate of drug-likeness (QED) is 0.293. The molecule has 2 N–H and O–H groups in total. The van der Waals surface area contributed by atoms with E-state index in [0.29, 0.717) is 41.1 Å². The Labute approximate surface area is 217 Å². The van der Waals surface area contributed by atoms with Gasteiger partial charge in [-0.25, -0.2) is 4.79 Å². The number of nitrogens with zero attached hydrogens (tertiary/aromatic N) is 2. The zero-order chi connectivity index (χ0) is 26.2. The normalized spacial score (nSPS) is 10.9. The largest absolute Gasteiger partial charge is 0.467 e. The summed E-state index contributed by atoms with van der Waals surface area (Å²) in [5, 5.41) is 6.48. The van der Waals surface area contributed by atoms with Crippen LogP contribution in [-0.4, -0.2) is 20.9 Å². The van der Waals surface area contributed by atoms with Gasteiger partial charge in [0.2, 0.25) is 11.8 Å². The molecule has 0 radical (unpaired) electrons. The molecule has 4 rings (SSSR count). The van der Waals surface area contributed by atoms with Crippen molar-refractivity contribution in [2.45, 2.75) is 45.4 Å². The maximum atomic E-state index is 13.2. The number of aromatic nitrogens is 2. The van der Waals surface area contributed by atoms with E-state index in [1.165, 1.54) is 10.8 Å². The summed E-state index contributed by atoms with van der Waals surface area (Å²) < 4.78 is 7.64. The summed E-state index contributed by atoms with van der Waals surface area (Å²) in [4.78, 5) is 51.1. The minimum absolute atomic E-state index is 0.133. The van der Waals surface area contributed by atoms with E-state index in [0.717, 1.165) is 10.1 Å². The summed E-state index contributed by atoms with van der Waals surface area (Å²) in [6, 6.07) is 17.4. The molecule has 2 heterocycles. The molecular formula is C27H27ClN4O5. The smallest absolute Gasteiger partial charge is 0.331 e. The number of carbonyl (C=O) groups excluding carboxylic acids is 2. The number of nitrogens with one attached hydrogen (secondary N) is 2. The highest BCUT2D eigenvalue weighted by Crippen LogP contribution is 2.14. The third-order valence-corrected chi connectivity index (χ3v) is 6.31. The molecule has 2 aromatic heterocycles. The summed E-state index contributed by atoms with van der Waals surface area (Å²) in [5.74, 6) is 0.0619. The molecule has 9 nitrogen and oxygen atoms in total. The van der Waals surface area contributed by atoms with Crippen molar-refractivity contribution in [3.8, 4) is 0 Å². The summed E-state index contributed by atoms with van der Waals surface area (Å²) in [5.41, 5.74) is 0.228. The van der Waals surface area contributed by atoms with Crippen LogP contribution in [0.1, 0.15) is 30.6 Å². The third-order valence-electron chi connectivity index (χ3n) is 5.94. The average molecular weight is 523 g/mol. The molecule has 2 aromatic carbocycles. The summed E-state index contributed by atoms with van der Waals surface area (Å²) in [6.45, 7) is 0.408. The van der Waals surface area contributed by atoms with Gasteiger partial charge in [-0.3, -0.25) is 23.5 Å². The van der Waals surface area contributed by atoms with Crippen molar-refractivity contribution in [3.05, 3.63) is 104 Å². The number of hydrogen-bond acceptors (Lipinski definition) is 5. The van der Waals surface area contributed by atoms with Crippen molar-refractivity contribution >= 4 is 34.3 Å². The molecule has 0 saturated heterocycles. The first-order valence-electron chi connectivity index (χ1n) is 12.0. The first kappa shape index (κ1) is 26.0. The molecule has 10 heteroatoms. The SMILES string of the molecule is O=C(CCCCn1c(=O)c2ccccc2n(CC(=O)NCc2ccco2)c1=O)NCc1ccccc1Cl. The Bertz CT molecular complexity index is 1510. The third kappa shape index (κ3) is 6.56. The number of carbonyl (C=O) groups is 2. The predicted octanol–water partition coefficient (Wildman–Crippen LogP) is 3.21. The van der Waals surface area contributed by atoms with Crippen molar-refractivity contribution < 1.29 is 14.0 Å². The molecule has 192 valence electrons.